The van der Waals surface area contributed by atoms with Gasteiger partial charge < -0.3 is 11.1 Å². The number of hydrogen-bond acceptors (Lipinski definition) is 3. The van der Waals surface area contributed by atoms with Crippen LogP contribution in [0.4, 0.5) is 0 Å². The van der Waals surface area contributed by atoms with Crippen LogP contribution in [-0.2, 0) is 4.79 Å². The molecule has 4 heteroatoms. The molecule has 0 spiro atoms. The zero-order valence-corrected chi connectivity index (χ0v) is 11.6. The van der Waals surface area contributed by atoms with E-state index in [1.54, 1.807) is 7.05 Å². The van der Waals surface area contributed by atoms with Crippen molar-refractivity contribution in [1.29, 1.82) is 0 Å². The summed E-state index contributed by atoms with van der Waals surface area (Å²) in [5.74, 6) is -0.264. The van der Waals surface area contributed by atoms with E-state index in [4.69, 9.17) is 5.73 Å². The fraction of sp³-hybridized carbons (Fsp3) is 0.923. The fourth-order valence-electron chi connectivity index (χ4n) is 2.69. The molecule has 1 fully saturated rings. The summed E-state index contributed by atoms with van der Waals surface area (Å²) < 4.78 is 0. The van der Waals surface area contributed by atoms with Gasteiger partial charge in [0, 0.05) is 18.6 Å². The van der Waals surface area contributed by atoms with Crippen molar-refractivity contribution in [3.05, 3.63) is 0 Å². The van der Waals surface area contributed by atoms with E-state index in [9.17, 15) is 4.79 Å². The maximum Gasteiger partial charge on any atom is 0.237 e. The average Bonchev–Trinajstić information content (AvgIpc) is 2.66. The second-order valence-corrected chi connectivity index (χ2v) is 5.42. The number of amides is 1. The maximum absolute atomic E-state index is 11.4. The molecule has 1 aliphatic rings. The zero-order chi connectivity index (χ0) is 13.1. The predicted molar refractivity (Wildman–Crippen MR) is 70.8 cm³/mol. The van der Waals surface area contributed by atoms with E-state index in [1.165, 1.54) is 19.3 Å². The highest BCUT2D eigenvalue weighted by Crippen LogP contribution is 2.27. The Balaban J connectivity index is 2.56. The molecule has 1 heterocycles. The Labute approximate surface area is 105 Å². The van der Waals surface area contributed by atoms with Crippen LogP contribution in [0.15, 0.2) is 0 Å². The normalized spacial score (nSPS) is 29.2. The third-order valence-electron chi connectivity index (χ3n) is 4.39. The lowest BCUT2D eigenvalue weighted by molar-refractivity contribution is -0.124. The number of likely N-dealkylation sites (tertiary alicyclic amines) is 1. The summed E-state index contributed by atoms with van der Waals surface area (Å²) in [4.78, 5) is 14.0. The summed E-state index contributed by atoms with van der Waals surface area (Å²) in [6.07, 6.45) is 4.52. The Morgan fingerprint density at radius 3 is 2.65 bits per heavy atom. The highest BCUT2D eigenvalue weighted by atomic mass is 16.1. The van der Waals surface area contributed by atoms with Crippen molar-refractivity contribution in [3.63, 3.8) is 0 Å². The first-order valence-corrected chi connectivity index (χ1v) is 6.69. The van der Waals surface area contributed by atoms with Crippen LogP contribution in [0.2, 0.25) is 0 Å². The molecule has 0 aliphatic carbocycles. The molecular formula is C13H27N3O. The van der Waals surface area contributed by atoms with E-state index < -0.39 is 5.54 Å². The van der Waals surface area contributed by atoms with Crippen LogP contribution >= 0.6 is 0 Å². The molecular weight excluding hydrogens is 214 g/mol. The third-order valence-corrected chi connectivity index (χ3v) is 4.39. The first kappa shape index (κ1) is 14.5. The quantitative estimate of drug-likeness (QED) is 0.732. The van der Waals surface area contributed by atoms with Gasteiger partial charge in [0.2, 0.25) is 5.91 Å². The monoisotopic (exact) mass is 241 g/mol. The number of carbonyl (C=O) groups is 1. The number of nitrogens with one attached hydrogen (secondary N) is 1. The van der Waals surface area contributed by atoms with Crippen molar-refractivity contribution < 1.29 is 4.79 Å². The summed E-state index contributed by atoms with van der Waals surface area (Å²) in [6.45, 7) is 7.34. The molecule has 3 atom stereocenters. The lowest BCUT2D eigenvalue weighted by Crippen LogP contribution is -2.53. The smallest absolute Gasteiger partial charge is 0.237 e. The minimum absolute atomic E-state index is 0.264. The van der Waals surface area contributed by atoms with Crippen LogP contribution < -0.4 is 11.1 Å². The number of nitrogens with two attached hydrogens (primary N) is 1. The molecule has 100 valence electrons. The summed E-state index contributed by atoms with van der Waals surface area (Å²) >= 11 is 0. The van der Waals surface area contributed by atoms with Gasteiger partial charge in [-0.05, 0) is 46.6 Å². The molecule has 0 aromatic rings. The van der Waals surface area contributed by atoms with Crippen molar-refractivity contribution >= 4 is 5.91 Å². The fourth-order valence-corrected chi connectivity index (χ4v) is 2.69. The number of rotatable bonds is 6. The van der Waals surface area contributed by atoms with E-state index in [0.29, 0.717) is 12.1 Å². The zero-order valence-electron chi connectivity index (χ0n) is 11.6. The SMILES string of the molecule is CCC1CCC(C)N1CCC(C)(NC)C(N)=O. The predicted octanol–water partition coefficient (Wildman–Crippen LogP) is 1.10. The molecule has 0 saturated carbocycles. The van der Waals surface area contributed by atoms with E-state index in [-0.39, 0.29) is 5.91 Å². The van der Waals surface area contributed by atoms with Crippen molar-refractivity contribution in [2.75, 3.05) is 13.6 Å². The Hall–Kier alpha value is -0.610. The van der Waals surface area contributed by atoms with Gasteiger partial charge in [-0.25, -0.2) is 0 Å². The van der Waals surface area contributed by atoms with Crippen molar-refractivity contribution in [3.8, 4) is 0 Å². The number of hydrogen-bond donors (Lipinski definition) is 2. The largest absolute Gasteiger partial charge is 0.368 e. The van der Waals surface area contributed by atoms with Gasteiger partial charge in [0.05, 0.1) is 5.54 Å². The Morgan fingerprint density at radius 2 is 2.18 bits per heavy atom. The van der Waals surface area contributed by atoms with E-state index >= 15 is 0 Å². The summed E-state index contributed by atoms with van der Waals surface area (Å²) in [7, 11) is 1.80. The number of likely N-dealkylation sites (N-methyl/N-ethyl adjacent to an activating group) is 1. The van der Waals surface area contributed by atoms with Gasteiger partial charge in [-0.2, -0.15) is 0 Å². The van der Waals surface area contributed by atoms with Gasteiger partial charge in [0.25, 0.3) is 0 Å². The van der Waals surface area contributed by atoms with Crippen LogP contribution in [0.5, 0.6) is 0 Å². The average molecular weight is 241 g/mol. The molecule has 1 aliphatic heterocycles. The lowest BCUT2D eigenvalue weighted by atomic mass is 9.96. The van der Waals surface area contributed by atoms with E-state index in [1.807, 2.05) is 6.92 Å². The Kier molecular flexibility index (Phi) is 4.95. The van der Waals surface area contributed by atoms with Gasteiger partial charge in [-0.1, -0.05) is 6.92 Å². The van der Waals surface area contributed by atoms with Gasteiger partial charge >= 0.3 is 0 Å². The summed E-state index contributed by atoms with van der Waals surface area (Å²) in [5, 5.41) is 3.05. The highest BCUT2D eigenvalue weighted by molar-refractivity contribution is 5.84. The summed E-state index contributed by atoms with van der Waals surface area (Å²) in [5.41, 5.74) is 4.87. The molecule has 3 N–H and O–H groups in total. The van der Waals surface area contributed by atoms with Crippen LogP contribution in [0, 0.1) is 0 Å². The third kappa shape index (κ3) is 3.19. The Morgan fingerprint density at radius 1 is 1.53 bits per heavy atom. The molecule has 0 aromatic carbocycles. The van der Waals surface area contributed by atoms with Crippen molar-refractivity contribution in [2.24, 2.45) is 5.73 Å². The minimum Gasteiger partial charge on any atom is -0.368 e. The molecule has 1 saturated heterocycles. The molecule has 3 unspecified atom stereocenters. The van der Waals surface area contributed by atoms with Crippen molar-refractivity contribution in [2.45, 2.75) is 64.1 Å². The minimum atomic E-state index is -0.583. The highest BCUT2D eigenvalue weighted by Gasteiger charge is 2.34. The standard InChI is InChI=1S/C13H27N3O/c1-5-11-7-6-10(2)16(11)9-8-13(3,15-4)12(14)17/h10-11,15H,5-9H2,1-4H3,(H2,14,17). The van der Waals surface area contributed by atoms with Crippen LogP contribution in [0.25, 0.3) is 0 Å². The first-order chi connectivity index (χ1) is 7.94. The molecule has 0 aromatic heterocycles. The lowest BCUT2D eigenvalue weighted by Gasteiger charge is -2.32. The van der Waals surface area contributed by atoms with Crippen LogP contribution in [0.3, 0.4) is 0 Å². The molecule has 4 nitrogen and oxygen atoms in total. The van der Waals surface area contributed by atoms with Crippen LogP contribution in [0.1, 0.15) is 46.5 Å². The van der Waals surface area contributed by atoms with Crippen molar-refractivity contribution in [1.82, 2.24) is 10.2 Å². The Bertz CT molecular complexity index is 269. The molecule has 0 radical (unpaired) electrons. The second-order valence-electron chi connectivity index (χ2n) is 5.42. The number of nitrogens with zero attached hydrogens (tertiary/aromatic N) is 1. The van der Waals surface area contributed by atoms with Gasteiger partial charge in [0.1, 0.15) is 0 Å². The van der Waals surface area contributed by atoms with Gasteiger partial charge in [-0.15, -0.1) is 0 Å². The molecule has 17 heavy (non-hydrogen) atoms. The summed E-state index contributed by atoms with van der Waals surface area (Å²) in [6, 6.07) is 1.31. The van der Waals surface area contributed by atoms with Crippen LogP contribution in [-0.4, -0.2) is 42.0 Å². The van der Waals surface area contributed by atoms with E-state index in [0.717, 1.165) is 13.0 Å². The molecule has 1 rings (SSSR count). The maximum atomic E-state index is 11.4. The van der Waals surface area contributed by atoms with Gasteiger partial charge in [-0.3, -0.25) is 9.69 Å². The topological polar surface area (TPSA) is 58.4 Å². The first-order valence-electron chi connectivity index (χ1n) is 6.69. The second kappa shape index (κ2) is 5.83. The molecule has 0 bridgehead atoms. The number of carbonyl (C=O) groups excluding carboxylic acids is 1. The van der Waals surface area contributed by atoms with E-state index in [2.05, 4.69) is 24.1 Å². The van der Waals surface area contributed by atoms with Gasteiger partial charge in [0.15, 0.2) is 0 Å². The molecule has 1 amide bonds. The number of primary amides is 1.